The molecule has 8 nitrogen and oxygen atoms in total. The molecule has 0 saturated carbocycles. The lowest BCUT2D eigenvalue weighted by molar-refractivity contribution is -0.129. The van der Waals surface area contributed by atoms with E-state index in [0.717, 1.165) is 30.2 Å². The summed E-state index contributed by atoms with van der Waals surface area (Å²) in [6.07, 6.45) is 1.53. The second-order valence-electron chi connectivity index (χ2n) is 6.50. The summed E-state index contributed by atoms with van der Waals surface area (Å²) in [7, 11) is 0. The third-order valence-electron chi connectivity index (χ3n) is 4.75. The minimum absolute atomic E-state index is 0.0586. The molecule has 0 spiro atoms. The van der Waals surface area contributed by atoms with Gasteiger partial charge in [-0.1, -0.05) is 0 Å². The molecule has 2 aromatic carbocycles. The zero-order valence-electron chi connectivity index (χ0n) is 15.2. The first-order valence-electron chi connectivity index (χ1n) is 9.05. The number of nitrogens with one attached hydrogen (secondary N) is 1. The number of carbonyl (C=O) groups excluding carboxylic acids is 1. The van der Waals surface area contributed by atoms with Gasteiger partial charge in [0, 0.05) is 37.6 Å². The fraction of sp³-hybridized carbons (Fsp3) is 0.263. The summed E-state index contributed by atoms with van der Waals surface area (Å²) in [6, 6.07) is 14.0. The molecule has 2 heterocycles. The topological polar surface area (TPSA) is 79.2 Å². The van der Waals surface area contributed by atoms with Crippen molar-refractivity contribution in [1.82, 2.24) is 25.1 Å². The van der Waals surface area contributed by atoms with Crippen LogP contribution in [0.4, 0.5) is 15.8 Å². The molecule has 1 aliphatic rings. The number of anilines is 2. The van der Waals surface area contributed by atoms with E-state index in [-0.39, 0.29) is 18.3 Å². The SMILES string of the molecule is O=C(CNc1ccc(-n2cnnn2)cc1)N1CCN(c2ccc(F)cc2)CC1. The molecule has 144 valence electrons. The van der Waals surface area contributed by atoms with E-state index in [4.69, 9.17) is 0 Å². The second kappa shape index (κ2) is 8.03. The highest BCUT2D eigenvalue weighted by atomic mass is 19.1. The second-order valence-corrected chi connectivity index (χ2v) is 6.50. The van der Waals surface area contributed by atoms with Crippen LogP contribution >= 0.6 is 0 Å². The predicted octanol–water partition coefficient (Wildman–Crippen LogP) is 1.56. The van der Waals surface area contributed by atoms with E-state index < -0.39 is 0 Å². The number of nitrogens with zero attached hydrogens (tertiary/aromatic N) is 6. The summed E-state index contributed by atoms with van der Waals surface area (Å²) in [5.74, 6) is -0.182. The number of hydrogen-bond donors (Lipinski definition) is 1. The molecule has 1 fully saturated rings. The van der Waals surface area contributed by atoms with Crippen molar-refractivity contribution in [1.29, 1.82) is 0 Å². The van der Waals surface area contributed by atoms with Crippen molar-refractivity contribution in [3.8, 4) is 5.69 Å². The zero-order chi connectivity index (χ0) is 19.3. The Bertz CT molecular complexity index is 904. The Balaban J connectivity index is 1.26. The van der Waals surface area contributed by atoms with E-state index in [1.807, 2.05) is 29.2 Å². The van der Waals surface area contributed by atoms with Gasteiger partial charge in [-0.2, -0.15) is 0 Å². The molecule has 0 bridgehead atoms. The molecule has 1 saturated heterocycles. The number of carbonyl (C=O) groups is 1. The predicted molar refractivity (Wildman–Crippen MR) is 103 cm³/mol. The summed E-state index contributed by atoms with van der Waals surface area (Å²) >= 11 is 0. The summed E-state index contributed by atoms with van der Waals surface area (Å²) in [5, 5.41) is 14.2. The number of hydrogen-bond acceptors (Lipinski definition) is 6. The molecule has 28 heavy (non-hydrogen) atoms. The van der Waals surface area contributed by atoms with Gasteiger partial charge in [-0.3, -0.25) is 4.79 Å². The Kier molecular flexibility index (Phi) is 5.14. The zero-order valence-corrected chi connectivity index (χ0v) is 15.2. The summed E-state index contributed by atoms with van der Waals surface area (Å²) in [4.78, 5) is 16.5. The van der Waals surface area contributed by atoms with Gasteiger partial charge in [0.05, 0.1) is 12.2 Å². The molecule has 1 aromatic heterocycles. The minimum atomic E-state index is -0.241. The van der Waals surface area contributed by atoms with E-state index in [1.54, 1.807) is 16.8 Å². The van der Waals surface area contributed by atoms with Crippen molar-refractivity contribution in [2.75, 3.05) is 42.9 Å². The maximum Gasteiger partial charge on any atom is 0.241 e. The van der Waals surface area contributed by atoms with Crippen LogP contribution in [0.1, 0.15) is 0 Å². The third-order valence-corrected chi connectivity index (χ3v) is 4.75. The van der Waals surface area contributed by atoms with Crippen molar-refractivity contribution < 1.29 is 9.18 Å². The highest BCUT2D eigenvalue weighted by Gasteiger charge is 2.21. The minimum Gasteiger partial charge on any atom is -0.376 e. The van der Waals surface area contributed by atoms with Gasteiger partial charge < -0.3 is 15.1 Å². The van der Waals surface area contributed by atoms with Crippen molar-refractivity contribution in [3.63, 3.8) is 0 Å². The number of piperazine rings is 1. The normalized spacial score (nSPS) is 14.2. The Hall–Kier alpha value is -3.49. The van der Waals surface area contributed by atoms with Crippen molar-refractivity contribution in [2.24, 2.45) is 0 Å². The highest BCUT2D eigenvalue weighted by molar-refractivity contribution is 5.81. The molecule has 1 N–H and O–H groups in total. The Morgan fingerprint density at radius 3 is 2.29 bits per heavy atom. The maximum atomic E-state index is 13.1. The van der Waals surface area contributed by atoms with Crippen LogP contribution < -0.4 is 10.2 Å². The van der Waals surface area contributed by atoms with E-state index in [9.17, 15) is 9.18 Å². The average Bonchev–Trinajstić information content (AvgIpc) is 3.28. The molecule has 9 heteroatoms. The van der Waals surface area contributed by atoms with Gasteiger partial charge in [-0.05, 0) is 59.0 Å². The fourth-order valence-electron chi connectivity index (χ4n) is 3.17. The van der Waals surface area contributed by atoms with Gasteiger partial charge >= 0.3 is 0 Å². The number of benzene rings is 2. The van der Waals surface area contributed by atoms with Crippen LogP contribution in [0.5, 0.6) is 0 Å². The van der Waals surface area contributed by atoms with Gasteiger partial charge in [-0.25, -0.2) is 9.07 Å². The van der Waals surface area contributed by atoms with Gasteiger partial charge in [-0.15, -0.1) is 5.10 Å². The Morgan fingerprint density at radius 1 is 0.964 bits per heavy atom. The average molecular weight is 381 g/mol. The molecule has 0 atom stereocenters. The van der Waals surface area contributed by atoms with Gasteiger partial charge in [0.1, 0.15) is 12.1 Å². The fourth-order valence-corrected chi connectivity index (χ4v) is 3.17. The Labute approximate surface area is 161 Å². The monoisotopic (exact) mass is 381 g/mol. The first kappa shape index (κ1) is 17.9. The molecule has 3 aromatic rings. The largest absolute Gasteiger partial charge is 0.376 e. The standard InChI is InChI=1S/C19H20FN7O/c20-15-1-5-17(6-2-15)25-9-11-26(12-10-25)19(28)13-21-16-3-7-18(8-4-16)27-14-22-23-24-27/h1-8,14,21H,9-13H2. The van der Waals surface area contributed by atoms with Gasteiger partial charge in [0.2, 0.25) is 5.91 Å². The van der Waals surface area contributed by atoms with Crippen LogP contribution in [0, 0.1) is 5.82 Å². The van der Waals surface area contributed by atoms with Crippen molar-refractivity contribution in [3.05, 3.63) is 60.7 Å². The van der Waals surface area contributed by atoms with Crippen LogP contribution in [0.2, 0.25) is 0 Å². The number of tetrazole rings is 1. The molecular formula is C19H20FN7O. The van der Waals surface area contributed by atoms with Crippen LogP contribution in [-0.4, -0.2) is 63.7 Å². The molecule has 0 aliphatic carbocycles. The molecule has 4 rings (SSSR count). The van der Waals surface area contributed by atoms with E-state index >= 15 is 0 Å². The van der Waals surface area contributed by atoms with Crippen LogP contribution in [0.25, 0.3) is 5.69 Å². The first-order valence-corrected chi connectivity index (χ1v) is 9.05. The third kappa shape index (κ3) is 4.08. The molecule has 0 unspecified atom stereocenters. The van der Waals surface area contributed by atoms with E-state index in [1.165, 1.54) is 18.5 Å². The van der Waals surface area contributed by atoms with Gasteiger partial charge in [0.25, 0.3) is 0 Å². The number of amides is 1. The molecule has 0 radical (unpaired) electrons. The van der Waals surface area contributed by atoms with Crippen molar-refractivity contribution >= 4 is 17.3 Å². The summed E-state index contributed by atoms with van der Waals surface area (Å²) < 4.78 is 14.6. The first-order chi connectivity index (χ1) is 13.7. The number of halogens is 1. The Morgan fingerprint density at radius 2 is 1.64 bits per heavy atom. The van der Waals surface area contributed by atoms with Crippen LogP contribution in [-0.2, 0) is 4.79 Å². The molecular weight excluding hydrogens is 361 g/mol. The lowest BCUT2D eigenvalue weighted by Crippen LogP contribution is -2.50. The van der Waals surface area contributed by atoms with E-state index in [0.29, 0.717) is 13.1 Å². The van der Waals surface area contributed by atoms with Gasteiger partial charge in [0.15, 0.2) is 0 Å². The molecule has 1 aliphatic heterocycles. The highest BCUT2D eigenvalue weighted by Crippen LogP contribution is 2.17. The smallest absolute Gasteiger partial charge is 0.241 e. The lowest BCUT2D eigenvalue weighted by Gasteiger charge is -2.36. The molecule has 1 amide bonds. The quantitative estimate of drug-likeness (QED) is 0.723. The van der Waals surface area contributed by atoms with Crippen molar-refractivity contribution in [2.45, 2.75) is 0 Å². The maximum absolute atomic E-state index is 13.1. The lowest BCUT2D eigenvalue weighted by atomic mass is 10.2. The summed E-state index contributed by atoms with van der Waals surface area (Å²) in [5.41, 5.74) is 2.68. The number of aromatic nitrogens is 4. The van der Waals surface area contributed by atoms with Crippen LogP contribution in [0.15, 0.2) is 54.9 Å². The number of rotatable bonds is 5. The summed E-state index contributed by atoms with van der Waals surface area (Å²) in [6.45, 7) is 3.00. The van der Waals surface area contributed by atoms with E-state index in [2.05, 4.69) is 25.7 Å². The van der Waals surface area contributed by atoms with Crippen LogP contribution in [0.3, 0.4) is 0 Å².